The molecule has 1 N–H and O–H groups in total. The van der Waals surface area contributed by atoms with Crippen molar-refractivity contribution in [3.63, 3.8) is 0 Å². The van der Waals surface area contributed by atoms with E-state index in [1.54, 1.807) is 17.0 Å². The summed E-state index contributed by atoms with van der Waals surface area (Å²) >= 11 is 6.32. The Morgan fingerprint density at radius 3 is 2.41 bits per heavy atom. The predicted octanol–water partition coefficient (Wildman–Crippen LogP) is 6.69. The number of benzene rings is 3. The maximum Gasteiger partial charge on any atom is 0.305 e. The molecule has 5 nitrogen and oxygen atoms in total. The number of hydrogen-bond donors (Lipinski definition) is 1. The Hall–Kier alpha value is -3.31. The molecule has 1 heterocycles. The minimum atomic E-state index is -0.953. The lowest BCUT2D eigenvalue weighted by Gasteiger charge is -2.25. The van der Waals surface area contributed by atoms with Crippen molar-refractivity contribution in [1.29, 1.82) is 0 Å². The molecular formula is C31H34ClNO4. The van der Waals surface area contributed by atoms with E-state index in [2.05, 4.69) is 52.0 Å². The van der Waals surface area contributed by atoms with Crippen LogP contribution >= 0.6 is 11.6 Å². The number of nitrogens with zero attached hydrogens (tertiary/aromatic N) is 1. The van der Waals surface area contributed by atoms with Gasteiger partial charge in [0.15, 0.2) is 0 Å². The average molecular weight is 520 g/mol. The van der Waals surface area contributed by atoms with E-state index < -0.39 is 11.6 Å². The van der Waals surface area contributed by atoms with E-state index in [1.165, 1.54) is 11.1 Å². The van der Waals surface area contributed by atoms with Crippen LogP contribution in [0.2, 0.25) is 5.02 Å². The summed E-state index contributed by atoms with van der Waals surface area (Å²) in [6.45, 7) is 9.04. The summed E-state index contributed by atoms with van der Waals surface area (Å²) in [5, 5.41) is 9.76. The fourth-order valence-electron chi connectivity index (χ4n) is 4.81. The van der Waals surface area contributed by atoms with Gasteiger partial charge in [0, 0.05) is 36.5 Å². The molecule has 1 aliphatic rings. The fraction of sp³-hybridized carbons (Fsp3) is 0.355. The van der Waals surface area contributed by atoms with E-state index in [1.807, 2.05) is 30.3 Å². The van der Waals surface area contributed by atoms with Crippen LogP contribution in [0.5, 0.6) is 5.75 Å². The van der Waals surface area contributed by atoms with E-state index in [4.69, 9.17) is 16.3 Å². The van der Waals surface area contributed by atoms with Crippen LogP contribution in [0.1, 0.15) is 66.7 Å². The first-order valence-electron chi connectivity index (χ1n) is 12.6. The van der Waals surface area contributed by atoms with Crippen molar-refractivity contribution in [2.24, 2.45) is 0 Å². The molecule has 0 fully saturated rings. The van der Waals surface area contributed by atoms with Crippen molar-refractivity contribution in [2.75, 3.05) is 6.54 Å². The molecule has 194 valence electrons. The van der Waals surface area contributed by atoms with Crippen LogP contribution in [0.25, 0.3) is 0 Å². The minimum absolute atomic E-state index is 0.0925. The van der Waals surface area contributed by atoms with Crippen LogP contribution in [0.3, 0.4) is 0 Å². The Morgan fingerprint density at radius 2 is 1.76 bits per heavy atom. The van der Waals surface area contributed by atoms with Crippen LogP contribution < -0.4 is 4.74 Å². The summed E-state index contributed by atoms with van der Waals surface area (Å²) in [6.07, 6.45) is 1.30. The molecule has 6 heteroatoms. The molecule has 0 radical (unpaired) electrons. The van der Waals surface area contributed by atoms with Crippen molar-refractivity contribution < 1.29 is 19.4 Å². The SMILES string of the molecule is CC(C)(C)c1ccc(C[C@@]2(C)Cc3cc(C(=O)N(CCC(=O)O)Cc4ccccc4Cl)ccc3O2)cc1. The molecule has 0 bridgehead atoms. The second kappa shape index (κ2) is 10.6. The van der Waals surface area contributed by atoms with Crippen LogP contribution in [0.15, 0.2) is 66.7 Å². The third-order valence-electron chi connectivity index (χ3n) is 6.83. The van der Waals surface area contributed by atoms with Crippen LogP contribution in [-0.2, 0) is 29.6 Å². The molecule has 37 heavy (non-hydrogen) atoms. The summed E-state index contributed by atoms with van der Waals surface area (Å²) in [5.41, 5.74) is 4.47. The van der Waals surface area contributed by atoms with Crippen LogP contribution in [-0.4, -0.2) is 34.0 Å². The number of aliphatic carboxylic acids is 1. The molecule has 0 aliphatic carbocycles. The van der Waals surface area contributed by atoms with Gasteiger partial charge in [-0.2, -0.15) is 0 Å². The zero-order chi connectivity index (χ0) is 26.8. The van der Waals surface area contributed by atoms with E-state index in [9.17, 15) is 14.7 Å². The minimum Gasteiger partial charge on any atom is -0.487 e. The highest BCUT2D eigenvalue weighted by Crippen LogP contribution is 2.38. The first kappa shape index (κ1) is 26.7. The highest BCUT2D eigenvalue weighted by atomic mass is 35.5. The molecule has 0 saturated carbocycles. The van der Waals surface area contributed by atoms with E-state index in [0.29, 0.717) is 17.0 Å². The number of fused-ring (bicyclic) bond motifs is 1. The van der Waals surface area contributed by atoms with E-state index in [0.717, 1.165) is 23.3 Å². The molecule has 1 aliphatic heterocycles. The summed E-state index contributed by atoms with van der Waals surface area (Å²) in [6, 6.07) is 21.5. The van der Waals surface area contributed by atoms with Crippen molar-refractivity contribution >= 4 is 23.5 Å². The van der Waals surface area contributed by atoms with Gasteiger partial charge in [-0.15, -0.1) is 0 Å². The van der Waals surface area contributed by atoms with Gasteiger partial charge >= 0.3 is 5.97 Å². The van der Waals surface area contributed by atoms with Gasteiger partial charge in [-0.25, -0.2) is 0 Å². The van der Waals surface area contributed by atoms with Gasteiger partial charge in [-0.3, -0.25) is 9.59 Å². The lowest BCUT2D eigenvalue weighted by Crippen LogP contribution is -2.33. The van der Waals surface area contributed by atoms with Crippen LogP contribution in [0.4, 0.5) is 0 Å². The summed E-state index contributed by atoms with van der Waals surface area (Å²) < 4.78 is 6.36. The number of halogens is 1. The Labute approximate surface area is 224 Å². The standard InChI is InChI=1S/C31H34ClNO4/c1-30(2,3)25-12-9-21(10-13-25)18-31(4)19-24-17-22(11-14-27(24)37-31)29(36)33(16-15-28(34)35)20-23-7-5-6-8-26(23)32/h5-14,17H,15-16,18-20H2,1-4H3,(H,34,35)/t31-/m0/s1. The largest absolute Gasteiger partial charge is 0.487 e. The van der Waals surface area contributed by atoms with Crippen molar-refractivity contribution in [2.45, 2.75) is 64.5 Å². The number of rotatable bonds is 8. The smallest absolute Gasteiger partial charge is 0.305 e. The number of amides is 1. The van der Waals surface area contributed by atoms with Crippen molar-refractivity contribution in [3.8, 4) is 5.75 Å². The zero-order valence-electron chi connectivity index (χ0n) is 21.9. The maximum absolute atomic E-state index is 13.5. The number of carboxylic acids is 1. The fourth-order valence-corrected chi connectivity index (χ4v) is 5.00. The molecule has 0 spiro atoms. The molecule has 4 rings (SSSR count). The molecule has 0 unspecified atom stereocenters. The first-order chi connectivity index (χ1) is 17.4. The number of carbonyl (C=O) groups excluding carboxylic acids is 1. The number of carbonyl (C=O) groups is 2. The van der Waals surface area contributed by atoms with Gasteiger partial charge in [0.2, 0.25) is 0 Å². The second-order valence-electron chi connectivity index (χ2n) is 11.1. The quantitative estimate of drug-likeness (QED) is 0.360. The molecular weight excluding hydrogens is 486 g/mol. The first-order valence-corrected chi connectivity index (χ1v) is 13.0. The van der Waals surface area contributed by atoms with Gasteiger partial charge in [-0.1, -0.05) is 74.8 Å². The van der Waals surface area contributed by atoms with Gasteiger partial charge in [0.05, 0.1) is 6.42 Å². The normalized spacial score (nSPS) is 16.7. The number of ether oxygens (including phenoxy) is 1. The maximum atomic E-state index is 13.5. The average Bonchev–Trinajstić information content (AvgIpc) is 3.16. The van der Waals surface area contributed by atoms with Crippen molar-refractivity contribution in [1.82, 2.24) is 4.90 Å². The Kier molecular flexibility index (Phi) is 7.65. The Bertz CT molecular complexity index is 1300. The molecule has 1 amide bonds. The van der Waals surface area contributed by atoms with E-state index >= 15 is 0 Å². The van der Waals surface area contributed by atoms with Gasteiger partial charge in [0.25, 0.3) is 5.91 Å². The highest BCUT2D eigenvalue weighted by Gasteiger charge is 2.35. The van der Waals surface area contributed by atoms with Crippen LogP contribution in [0, 0.1) is 0 Å². The Morgan fingerprint density at radius 1 is 1.05 bits per heavy atom. The summed E-state index contributed by atoms with van der Waals surface area (Å²) in [4.78, 5) is 26.3. The summed E-state index contributed by atoms with van der Waals surface area (Å²) in [5.74, 6) is -0.394. The third-order valence-corrected chi connectivity index (χ3v) is 7.20. The third kappa shape index (κ3) is 6.53. The Balaban J connectivity index is 1.51. The highest BCUT2D eigenvalue weighted by molar-refractivity contribution is 6.31. The topological polar surface area (TPSA) is 66.8 Å². The summed E-state index contributed by atoms with van der Waals surface area (Å²) in [7, 11) is 0. The second-order valence-corrected chi connectivity index (χ2v) is 11.5. The van der Waals surface area contributed by atoms with Gasteiger partial charge in [-0.05, 0) is 58.9 Å². The number of carboxylic acid groups (broad SMARTS) is 1. The van der Waals surface area contributed by atoms with Gasteiger partial charge in [0.1, 0.15) is 11.4 Å². The molecule has 3 aromatic rings. The predicted molar refractivity (Wildman–Crippen MR) is 146 cm³/mol. The van der Waals surface area contributed by atoms with E-state index in [-0.39, 0.29) is 30.8 Å². The molecule has 1 atom stereocenters. The monoisotopic (exact) mass is 519 g/mol. The molecule has 0 saturated heterocycles. The lowest BCUT2D eigenvalue weighted by atomic mass is 9.85. The molecule has 3 aromatic carbocycles. The zero-order valence-corrected chi connectivity index (χ0v) is 22.6. The lowest BCUT2D eigenvalue weighted by molar-refractivity contribution is -0.137. The number of hydrogen-bond acceptors (Lipinski definition) is 3. The van der Waals surface area contributed by atoms with Crippen molar-refractivity contribution in [3.05, 3.63) is 99.6 Å². The van der Waals surface area contributed by atoms with Gasteiger partial charge < -0.3 is 14.7 Å². The molecule has 0 aromatic heterocycles.